The smallest absolute Gasteiger partial charge is 0.220 e. The van der Waals surface area contributed by atoms with Crippen molar-refractivity contribution in [3.05, 3.63) is 0 Å². The van der Waals surface area contributed by atoms with Crippen molar-refractivity contribution in [3.63, 3.8) is 0 Å². The summed E-state index contributed by atoms with van der Waals surface area (Å²) in [6, 6.07) is 0.431. The second-order valence-electron chi connectivity index (χ2n) is 4.27. The Kier molecular flexibility index (Phi) is 2.07. The summed E-state index contributed by atoms with van der Waals surface area (Å²) in [5.41, 5.74) is 0. The Morgan fingerprint density at radius 3 is 2.50 bits per heavy atom. The fourth-order valence-electron chi connectivity index (χ4n) is 2.77. The predicted octanol–water partition coefficient (Wildman–Crippen LogP) is 1.70. The van der Waals surface area contributed by atoms with Crippen LogP contribution in [0.3, 0.4) is 0 Å². The van der Waals surface area contributed by atoms with Gasteiger partial charge in [0.1, 0.15) is 0 Å². The Bertz CT molecular complexity index is 184. The molecule has 68 valence electrons. The van der Waals surface area contributed by atoms with Crippen molar-refractivity contribution < 1.29 is 4.79 Å². The SMILES string of the molecule is CC1NC(=O)CC1C1CCCC1. The summed E-state index contributed by atoms with van der Waals surface area (Å²) in [6.07, 6.45) is 6.24. The van der Waals surface area contributed by atoms with E-state index in [-0.39, 0.29) is 5.91 Å². The molecule has 1 saturated carbocycles. The fourth-order valence-corrected chi connectivity index (χ4v) is 2.77. The highest BCUT2D eigenvalue weighted by Crippen LogP contribution is 2.36. The van der Waals surface area contributed by atoms with Crippen LogP contribution in [0, 0.1) is 11.8 Å². The number of hydrogen-bond donors (Lipinski definition) is 1. The summed E-state index contributed by atoms with van der Waals surface area (Å²) in [5.74, 6) is 1.73. The molecule has 0 bridgehead atoms. The summed E-state index contributed by atoms with van der Waals surface area (Å²) in [7, 11) is 0. The van der Waals surface area contributed by atoms with Crippen LogP contribution >= 0.6 is 0 Å². The molecule has 0 spiro atoms. The van der Waals surface area contributed by atoms with Gasteiger partial charge >= 0.3 is 0 Å². The molecule has 1 heterocycles. The average Bonchev–Trinajstić information content (AvgIpc) is 2.58. The van der Waals surface area contributed by atoms with Crippen LogP contribution in [0.1, 0.15) is 39.0 Å². The first-order chi connectivity index (χ1) is 5.77. The Morgan fingerprint density at radius 1 is 1.33 bits per heavy atom. The summed E-state index contributed by atoms with van der Waals surface area (Å²) in [5, 5.41) is 3.00. The average molecular weight is 167 g/mol. The van der Waals surface area contributed by atoms with E-state index in [1.165, 1.54) is 25.7 Å². The first-order valence-corrected chi connectivity index (χ1v) is 5.07. The molecule has 1 saturated heterocycles. The Labute approximate surface area is 73.7 Å². The quantitative estimate of drug-likeness (QED) is 0.632. The maximum atomic E-state index is 11.1. The lowest BCUT2D eigenvalue weighted by atomic mass is 9.86. The molecule has 1 aliphatic carbocycles. The minimum absolute atomic E-state index is 0.263. The second-order valence-corrected chi connectivity index (χ2v) is 4.27. The normalized spacial score (nSPS) is 37.2. The van der Waals surface area contributed by atoms with Crippen molar-refractivity contribution in [2.45, 2.75) is 45.1 Å². The van der Waals surface area contributed by atoms with Gasteiger partial charge in [-0.3, -0.25) is 4.79 Å². The van der Waals surface area contributed by atoms with Gasteiger partial charge in [-0.25, -0.2) is 0 Å². The van der Waals surface area contributed by atoms with E-state index in [9.17, 15) is 4.79 Å². The second kappa shape index (κ2) is 3.08. The number of carbonyl (C=O) groups excluding carboxylic acids is 1. The lowest BCUT2D eigenvalue weighted by Gasteiger charge is -2.20. The molecule has 0 aromatic rings. The van der Waals surface area contributed by atoms with Gasteiger partial charge in [-0.2, -0.15) is 0 Å². The van der Waals surface area contributed by atoms with Gasteiger partial charge in [0.15, 0.2) is 0 Å². The molecule has 2 aliphatic rings. The van der Waals surface area contributed by atoms with E-state index in [4.69, 9.17) is 0 Å². The summed E-state index contributed by atoms with van der Waals surface area (Å²) in [6.45, 7) is 2.15. The van der Waals surface area contributed by atoms with Gasteiger partial charge in [-0.15, -0.1) is 0 Å². The molecule has 2 fully saturated rings. The van der Waals surface area contributed by atoms with Crippen molar-refractivity contribution in [2.24, 2.45) is 11.8 Å². The molecule has 2 heteroatoms. The number of nitrogens with one attached hydrogen (secondary N) is 1. The molecule has 0 aromatic carbocycles. The zero-order valence-electron chi connectivity index (χ0n) is 7.68. The van der Waals surface area contributed by atoms with Crippen LogP contribution in [0.15, 0.2) is 0 Å². The molecule has 1 aliphatic heterocycles. The number of hydrogen-bond acceptors (Lipinski definition) is 1. The number of rotatable bonds is 1. The first-order valence-electron chi connectivity index (χ1n) is 5.07. The minimum atomic E-state index is 0.263. The van der Waals surface area contributed by atoms with Gasteiger partial charge in [-0.1, -0.05) is 25.7 Å². The minimum Gasteiger partial charge on any atom is -0.353 e. The molecule has 0 aromatic heterocycles. The number of amides is 1. The topological polar surface area (TPSA) is 29.1 Å². The van der Waals surface area contributed by atoms with Crippen LogP contribution in [0.2, 0.25) is 0 Å². The zero-order chi connectivity index (χ0) is 8.55. The lowest BCUT2D eigenvalue weighted by Crippen LogP contribution is -2.28. The Morgan fingerprint density at radius 2 is 2.00 bits per heavy atom. The molecule has 2 unspecified atom stereocenters. The van der Waals surface area contributed by atoms with Crippen LogP contribution in [0.4, 0.5) is 0 Å². The third kappa shape index (κ3) is 1.35. The van der Waals surface area contributed by atoms with Gasteiger partial charge < -0.3 is 5.32 Å². The molecule has 2 nitrogen and oxygen atoms in total. The van der Waals surface area contributed by atoms with Crippen LogP contribution < -0.4 is 5.32 Å². The van der Waals surface area contributed by atoms with Crippen molar-refractivity contribution >= 4 is 5.91 Å². The molecule has 1 amide bonds. The lowest BCUT2D eigenvalue weighted by molar-refractivity contribution is -0.119. The number of carbonyl (C=O) groups is 1. The third-order valence-corrected chi connectivity index (χ3v) is 3.46. The van der Waals surface area contributed by atoms with Crippen molar-refractivity contribution in [3.8, 4) is 0 Å². The monoisotopic (exact) mass is 167 g/mol. The Balaban J connectivity index is 1.98. The summed E-state index contributed by atoms with van der Waals surface area (Å²) >= 11 is 0. The molecule has 0 radical (unpaired) electrons. The third-order valence-electron chi connectivity index (χ3n) is 3.46. The van der Waals surface area contributed by atoms with Crippen molar-refractivity contribution in [1.82, 2.24) is 5.32 Å². The predicted molar refractivity (Wildman–Crippen MR) is 47.7 cm³/mol. The van der Waals surface area contributed by atoms with Gasteiger partial charge in [0.05, 0.1) is 0 Å². The van der Waals surface area contributed by atoms with E-state index in [0.29, 0.717) is 12.0 Å². The molecule has 2 rings (SSSR count). The Hall–Kier alpha value is -0.530. The first kappa shape index (κ1) is 8.09. The molecule has 12 heavy (non-hydrogen) atoms. The molecule has 2 atom stereocenters. The van der Waals surface area contributed by atoms with Crippen LogP contribution in [-0.4, -0.2) is 11.9 Å². The van der Waals surface area contributed by atoms with Crippen molar-refractivity contribution in [1.29, 1.82) is 0 Å². The van der Waals surface area contributed by atoms with E-state index in [1.807, 2.05) is 0 Å². The fraction of sp³-hybridized carbons (Fsp3) is 0.900. The highest BCUT2D eigenvalue weighted by atomic mass is 16.1. The highest BCUT2D eigenvalue weighted by molar-refractivity contribution is 5.78. The van der Waals surface area contributed by atoms with Crippen LogP contribution in [0.25, 0.3) is 0 Å². The molecular formula is C10H17NO. The van der Waals surface area contributed by atoms with Crippen molar-refractivity contribution in [2.75, 3.05) is 0 Å². The van der Waals surface area contributed by atoms with E-state index in [2.05, 4.69) is 12.2 Å². The van der Waals surface area contributed by atoms with E-state index < -0.39 is 0 Å². The highest BCUT2D eigenvalue weighted by Gasteiger charge is 2.35. The maximum Gasteiger partial charge on any atom is 0.220 e. The standard InChI is InChI=1S/C10H17NO/c1-7-9(6-10(12)11-7)8-4-2-3-5-8/h7-9H,2-6H2,1H3,(H,11,12). The summed E-state index contributed by atoms with van der Waals surface area (Å²) < 4.78 is 0. The van der Waals surface area contributed by atoms with E-state index in [0.717, 1.165) is 12.3 Å². The van der Waals surface area contributed by atoms with Gasteiger partial charge in [-0.05, 0) is 18.8 Å². The van der Waals surface area contributed by atoms with Gasteiger partial charge in [0.25, 0.3) is 0 Å². The van der Waals surface area contributed by atoms with Crippen LogP contribution in [0.5, 0.6) is 0 Å². The van der Waals surface area contributed by atoms with Gasteiger partial charge in [0.2, 0.25) is 5.91 Å². The zero-order valence-corrected chi connectivity index (χ0v) is 7.68. The largest absolute Gasteiger partial charge is 0.353 e. The maximum absolute atomic E-state index is 11.1. The molecular weight excluding hydrogens is 150 g/mol. The van der Waals surface area contributed by atoms with Crippen LogP contribution in [-0.2, 0) is 4.79 Å². The molecule has 1 N–H and O–H groups in total. The summed E-state index contributed by atoms with van der Waals surface area (Å²) in [4.78, 5) is 11.1. The van der Waals surface area contributed by atoms with Gasteiger partial charge in [0, 0.05) is 12.5 Å². The van der Waals surface area contributed by atoms with E-state index in [1.54, 1.807) is 0 Å². The van der Waals surface area contributed by atoms with E-state index >= 15 is 0 Å².